The fourth-order valence-corrected chi connectivity index (χ4v) is 4.54. The minimum Gasteiger partial charge on any atom is -0.339 e. The number of aromatic nitrogens is 3. The van der Waals surface area contributed by atoms with Crippen molar-refractivity contribution in [2.24, 2.45) is 0 Å². The zero-order chi connectivity index (χ0) is 20.9. The molecule has 2 aromatic heterocycles. The SMILES string of the molecule is CCn1c(C2CCN(C(=O)/C=C/c3cccs3)CC2)nn(Cc2ccccc2)c1=O. The third kappa shape index (κ3) is 4.46. The van der Waals surface area contributed by atoms with Crippen LogP contribution in [0.3, 0.4) is 0 Å². The van der Waals surface area contributed by atoms with Crippen molar-refractivity contribution in [2.45, 2.75) is 38.8 Å². The second kappa shape index (κ2) is 9.26. The maximum Gasteiger partial charge on any atom is 0.346 e. The molecule has 3 heterocycles. The Morgan fingerprint density at radius 3 is 2.60 bits per heavy atom. The lowest BCUT2D eigenvalue weighted by atomic mass is 9.96. The molecule has 6 nitrogen and oxygen atoms in total. The van der Waals surface area contributed by atoms with Crippen LogP contribution in [0.2, 0.25) is 0 Å². The predicted molar refractivity (Wildman–Crippen MR) is 120 cm³/mol. The van der Waals surface area contributed by atoms with E-state index in [1.165, 1.54) is 0 Å². The average molecular weight is 423 g/mol. The van der Waals surface area contributed by atoms with Crippen molar-refractivity contribution in [1.82, 2.24) is 19.2 Å². The van der Waals surface area contributed by atoms with Crippen LogP contribution in [0.4, 0.5) is 0 Å². The maximum absolute atomic E-state index is 12.8. The summed E-state index contributed by atoms with van der Waals surface area (Å²) in [7, 11) is 0. The van der Waals surface area contributed by atoms with Crippen LogP contribution < -0.4 is 5.69 Å². The van der Waals surface area contributed by atoms with E-state index in [9.17, 15) is 9.59 Å². The van der Waals surface area contributed by atoms with Crippen LogP contribution in [-0.4, -0.2) is 38.2 Å². The van der Waals surface area contributed by atoms with Gasteiger partial charge in [0.25, 0.3) is 0 Å². The summed E-state index contributed by atoms with van der Waals surface area (Å²) in [5, 5.41) is 6.69. The first-order valence-corrected chi connectivity index (χ1v) is 11.3. The molecule has 1 aliphatic heterocycles. The van der Waals surface area contributed by atoms with Gasteiger partial charge in [-0.05, 0) is 42.9 Å². The summed E-state index contributed by atoms with van der Waals surface area (Å²) >= 11 is 1.62. The number of hydrogen-bond acceptors (Lipinski definition) is 4. The molecule has 1 aromatic carbocycles. The minimum absolute atomic E-state index is 0.0457. The van der Waals surface area contributed by atoms with Crippen molar-refractivity contribution in [1.29, 1.82) is 0 Å². The molecule has 1 amide bonds. The van der Waals surface area contributed by atoms with E-state index in [1.54, 1.807) is 26.7 Å². The number of amides is 1. The Bertz CT molecular complexity index is 1060. The van der Waals surface area contributed by atoms with Gasteiger partial charge in [-0.25, -0.2) is 9.48 Å². The number of nitrogens with zero attached hydrogens (tertiary/aromatic N) is 4. The zero-order valence-electron chi connectivity index (χ0n) is 17.1. The highest BCUT2D eigenvalue weighted by molar-refractivity contribution is 7.10. The summed E-state index contributed by atoms with van der Waals surface area (Å²) < 4.78 is 3.34. The van der Waals surface area contributed by atoms with Crippen LogP contribution in [0.15, 0.2) is 58.7 Å². The Hall–Kier alpha value is -2.93. The summed E-state index contributed by atoms with van der Waals surface area (Å²) in [4.78, 5) is 28.3. The number of carbonyl (C=O) groups is 1. The second-order valence-electron chi connectivity index (χ2n) is 7.48. The van der Waals surface area contributed by atoms with Gasteiger partial charge in [0.1, 0.15) is 5.82 Å². The van der Waals surface area contributed by atoms with E-state index in [-0.39, 0.29) is 17.5 Å². The number of likely N-dealkylation sites (tertiary alicyclic amines) is 1. The van der Waals surface area contributed by atoms with Crippen molar-refractivity contribution >= 4 is 23.3 Å². The predicted octanol–water partition coefficient (Wildman–Crippen LogP) is 3.59. The van der Waals surface area contributed by atoms with Crippen molar-refractivity contribution in [3.63, 3.8) is 0 Å². The molecule has 4 rings (SSSR count). The highest BCUT2D eigenvalue weighted by Crippen LogP contribution is 2.26. The quantitative estimate of drug-likeness (QED) is 0.571. The number of rotatable bonds is 6. The molecule has 1 saturated heterocycles. The number of benzene rings is 1. The molecule has 0 aliphatic carbocycles. The van der Waals surface area contributed by atoms with Crippen LogP contribution >= 0.6 is 11.3 Å². The standard InChI is InChI=1S/C23H26N4O2S/c1-2-26-22(24-27(23(26)29)17-18-7-4-3-5-8-18)19-12-14-25(15-13-19)21(28)11-10-20-9-6-16-30-20/h3-11,16,19H,2,12-15,17H2,1H3/b11-10+. The van der Waals surface area contributed by atoms with Gasteiger partial charge in [0, 0.05) is 36.5 Å². The van der Waals surface area contributed by atoms with Crippen LogP contribution in [-0.2, 0) is 17.9 Å². The number of thiophene rings is 1. The van der Waals surface area contributed by atoms with Gasteiger partial charge in [-0.15, -0.1) is 11.3 Å². The topological polar surface area (TPSA) is 60.1 Å². The van der Waals surface area contributed by atoms with Crippen LogP contribution in [0.5, 0.6) is 0 Å². The Morgan fingerprint density at radius 2 is 1.93 bits per heavy atom. The molecule has 156 valence electrons. The molecule has 0 spiro atoms. The largest absolute Gasteiger partial charge is 0.346 e. The Morgan fingerprint density at radius 1 is 1.17 bits per heavy atom. The highest BCUT2D eigenvalue weighted by atomic mass is 32.1. The first-order valence-electron chi connectivity index (χ1n) is 10.4. The molecule has 3 aromatic rings. The first kappa shape index (κ1) is 20.3. The van der Waals surface area contributed by atoms with Gasteiger partial charge in [0.15, 0.2) is 0 Å². The van der Waals surface area contributed by atoms with E-state index in [4.69, 9.17) is 5.10 Å². The number of piperidine rings is 1. The van der Waals surface area contributed by atoms with Crippen LogP contribution in [0.1, 0.15) is 41.9 Å². The van der Waals surface area contributed by atoms with E-state index in [2.05, 4.69) is 0 Å². The molecule has 7 heteroatoms. The molecule has 0 N–H and O–H groups in total. The smallest absolute Gasteiger partial charge is 0.339 e. The molecule has 30 heavy (non-hydrogen) atoms. The average Bonchev–Trinajstić information content (AvgIpc) is 3.41. The molecular formula is C23H26N4O2S. The molecule has 0 unspecified atom stereocenters. The molecule has 0 atom stereocenters. The molecular weight excluding hydrogens is 396 g/mol. The van der Waals surface area contributed by atoms with Gasteiger partial charge in [0.05, 0.1) is 6.54 Å². The van der Waals surface area contributed by atoms with Gasteiger partial charge in [-0.2, -0.15) is 5.10 Å². The lowest BCUT2D eigenvalue weighted by Crippen LogP contribution is -2.37. The molecule has 0 saturated carbocycles. The van der Waals surface area contributed by atoms with Crippen LogP contribution in [0, 0.1) is 0 Å². The summed E-state index contributed by atoms with van der Waals surface area (Å²) in [6, 6.07) is 13.9. The van der Waals surface area contributed by atoms with Gasteiger partial charge >= 0.3 is 5.69 Å². The van der Waals surface area contributed by atoms with Gasteiger partial charge < -0.3 is 4.90 Å². The summed E-state index contributed by atoms with van der Waals surface area (Å²) in [6.45, 7) is 4.42. The summed E-state index contributed by atoms with van der Waals surface area (Å²) in [6.07, 6.45) is 5.17. The molecule has 0 radical (unpaired) electrons. The van der Waals surface area contributed by atoms with Gasteiger partial charge in [-0.1, -0.05) is 36.4 Å². The van der Waals surface area contributed by atoms with Crippen molar-refractivity contribution in [3.05, 3.63) is 80.7 Å². The molecule has 1 fully saturated rings. The third-order valence-corrected chi connectivity index (χ3v) is 6.39. The van der Waals surface area contributed by atoms with E-state index >= 15 is 0 Å². The second-order valence-corrected chi connectivity index (χ2v) is 8.46. The minimum atomic E-state index is -0.0614. The highest BCUT2D eigenvalue weighted by Gasteiger charge is 2.27. The van der Waals surface area contributed by atoms with E-state index < -0.39 is 0 Å². The normalized spacial score (nSPS) is 15.2. The maximum atomic E-state index is 12.8. The monoisotopic (exact) mass is 422 g/mol. The molecule has 1 aliphatic rings. The zero-order valence-corrected chi connectivity index (χ0v) is 17.9. The Balaban J connectivity index is 1.43. The summed E-state index contributed by atoms with van der Waals surface area (Å²) in [5.74, 6) is 1.09. The lowest BCUT2D eigenvalue weighted by Gasteiger charge is -2.30. The first-order chi connectivity index (χ1) is 14.7. The molecule has 0 bridgehead atoms. The van der Waals surface area contributed by atoms with Crippen LogP contribution in [0.25, 0.3) is 6.08 Å². The summed E-state index contributed by atoms with van der Waals surface area (Å²) in [5.41, 5.74) is 0.999. The van der Waals surface area contributed by atoms with Crippen molar-refractivity contribution in [3.8, 4) is 0 Å². The number of hydrogen-bond donors (Lipinski definition) is 0. The Labute approximate surface area is 180 Å². The fraction of sp³-hybridized carbons (Fsp3) is 0.348. The van der Waals surface area contributed by atoms with Gasteiger partial charge in [-0.3, -0.25) is 9.36 Å². The van der Waals surface area contributed by atoms with E-state index in [0.29, 0.717) is 26.2 Å². The number of carbonyl (C=O) groups excluding carboxylic acids is 1. The fourth-order valence-electron chi connectivity index (χ4n) is 3.92. The van der Waals surface area contributed by atoms with Crippen molar-refractivity contribution < 1.29 is 4.79 Å². The van der Waals surface area contributed by atoms with E-state index in [1.807, 2.05) is 65.7 Å². The Kier molecular flexibility index (Phi) is 6.28. The third-order valence-electron chi connectivity index (χ3n) is 5.55. The lowest BCUT2D eigenvalue weighted by molar-refractivity contribution is -0.127. The van der Waals surface area contributed by atoms with E-state index in [0.717, 1.165) is 29.1 Å². The van der Waals surface area contributed by atoms with Crippen molar-refractivity contribution in [2.75, 3.05) is 13.1 Å². The van der Waals surface area contributed by atoms with Gasteiger partial charge in [0.2, 0.25) is 5.91 Å².